The molecule has 8 atom stereocenters. The van der Waals surface area contributed by atoms with Crippen molar-refractivity contribution in [3.05, 3.63) is 42.0 Å². The first kappa shape index (κ1) is 51.6. The highest BCUT2D eigenvalue weighted by Crippen LogP contribution is 2.43. The van der Waals surface area contributed by atoms with Crippen molar-refractivity contribution in [2.75, 3.05) is 54.7 Å². The molecular formula is C47H78O10Si. The van der Waals surface area contributed by atoms with Crippen LogP contribution in [0.5, 0.6) is 5.75 Å². The SMILES string of the molecule is COCCOCOC[C@@H]1CCC[C@H]1[C@H](C/C=C/C#CC(=O)[C@@H](C)C[C@H](C)C[C@H](C)C[C@H](C)[C@H](CC(=O)OCc1ccc(OC)cc1)OCOC)O[Si](C)(C)C(C)(C)C. The number of benzene rings is 1. The fourth-order valence-electron chi connectivity index (χ4n) is 7.65. The summed E-state index contributed by atoms with van der Waals surface area (Å²) in [6, 6.07) is 7.45. The molecule has 0 bridgehead atoms. The maximum Gasteiger partial charge on any atom is 0.308 e. The van der Waals surface area contributed by atoms with Crippen molar-refractivity contribution in [2.45, 2.75) is 137 Å². The summed E-state index contributed by atoms with van der Waals surface area (Å²) in [6.07, 6.45) is 10.6. The first-order chi connectivity index (χ1) is 27.5. The second-order valence-corrected chi connectivity index (χ2v) is 22.8. The van der Waals surface area contributed by atoms with Crippen molar-refractivity contribution in [1.29, 1.82) is 0 Å². The van der Waals surface area contributed by atoms with Crippen LogP contribution in [0.2, 0.25) is 18.1 Å². The molecule has 0 saturated heterocycles. The number of carbonyl (C=O) groups excluding carboxylic acids is 2. The number of hydrogen-bond acceptors (Lipinski definition) is 10. The maximum atomic E-state index is 13.1. The molecule has 0 heterocycles. The van der Waals surface area contributed by atoms with Crippen molar-refractivity contribution in [3.8, 4) is 17.6 Å². The normalized spacial score (nSPS) is 19.2. The molecule has 0 spiro atoms. The van der Waals surface area contributed by atoms with E-state index in [0.717, 1.165) is 49.8 Å². The Balaban J connectivity index is 1.90. The molecule has 0 aromatic heterocycles. The number of esters is 1. The highest BCUT2D eigenvalue weighted by Gasteiger charge is 2.43. The summed E-state index contributed by atoms with van der Waals surface area (Å²) in [5.41, 5.74) is 0.891. The van der Waals surface area contributed by atoms with Crippen molar-refractivity contribution >= 4 is 20.1 Å². The number of hydrogen-bond donors (Lipinski definition) is 0. The molecule has 0 N–H and O–H groups in total. The van der Waals surface area contributed by atoms with Gasteiger partial charge in [0.1, 0.15) is 25.9 Å². The monoisotopic (exact) mass is 831 g/mol. The van der Waals surface area contributed by atoms with E-state index in [-0.39, 0.29) is 67.4 Å². The lowest BCUT2D eigenvalue weighted by Crippen LogP contribution is -2.46. The predicted molar refractivity (Wildman–Crippen MR) is 233 cm³/mol. The number of allylic oxidation sites excluding steroid dienone is 1. The van der Waals surface area contributed by atoms with Crippen LogP contribution in [0.3, 0.4) is 0 Å². The lowest BCUT2D eigenvalue weighted by Gasteiger charge is -2.41. The van der Waals surface area contributed by atoms with Gasteiger partial charge in [-0.3, -0.25) is 9.59 Å². The Hall–Kier alpha value is -2.56. The lowest BCUT2D eigenvalue weighted by molar-refractivity contribution is -0.153. The van der Waals surface area contributed by atoms with Crippen LogP contribution >= 0.6 is 0 Å². The first-order valence-corrected chi connectivity index (χ1v) is 24.3. The summed E-state index contributed by atoms with van der Waals surface area (Å²) in [5.74, 6) is 7.81. The van der Waals surface area contributed by atoms with Gasteiger partial charge in [0.15, 0.2) is 8.32 Å². The second-order valence-electron chi connectivity index (χ2n) is 18.1. The van der Waals surface area contributed by atoms with Crippen molar-refractivity contribution in [1.82, 2.24) is 0 Å². The van der Waals surface area contributed by atoms with Gasteiger partial charge in [-0.2, -0.15) is 0 Å². The first-order valence-electron chi connectivity index (χ1n) is 21.4. The topological polar surface area (TPSA) is 108 Å². The molecule has 0 radical (unpaired) electrons. The van der Waals surface area contributed by atoms with E-state index in [2.05, 4.69) is 72.6 Å². The Morgan fingerprint density at radius 3 is 2.26 bits per heavy atom. The van der Waals surface area contributed by atoms with Crippen LogP contribution in [0.1, 0.15) is 105 Å². The predicted octanol–water partition coefficient (Wildman–Crippen LogP) is 9.79. The van der Waals surface area contributed by atoms with Gasteiger partial charge in [0.05, 0.1) is 45.6 Å². The average molecular weight is 831 g/mol. The number of rotatable bonds is 28. The number of ketones is 1. The van der Waals surface area contributed by atoms with Gasteiger partial charge in [0.25, 0.3) is 0 Å². The van der Waals surface area contributed by atoms with Crippen LogP contribution in [0, 0.1) is 47.3 Å². The van der Waals surface area contributed by atoms with Crippen LogP contribution < -0.4 is 4.74 Å². The second kappa shape index (κ2) is 27.3. The Kier molecular flexibility index (Phi) is 24.3. The quantitative estimate of drug-likeness (QED) is 0.0202. The lowest BCUT2D eigenvalue weighted by atomic mass is 9.83. The van der Waals surface area contributed by atoms with E-state index >= 15 is 0 Å². The minimum absolute atomic E-state index is 0.0338. The molecule has 0 aliphatic heterocycles. The molecule has 330 valence electrons. The Labute approximate surface area is 352 Å². The highest BCUT2D eigenvalue weighted by atomic mass is 28.4. The van der Waals surface area contributed by atoms with Gasteiger partial charge >= 0.3 is 5.97 Å². The zero-order valence-electron chi connectivity index (χ0n) is 38.1. The molecule has 2 rings (SSSR count). The maximum absolute atomic E-state index is 13.1. The van der Waals surface area contributed by atoms with Crippen LogP contribution in [0.25, 0.3) is 0 Å². The Morgan fingerprint density at radius 1 is 0.897 bits per heavy atom. The number of ether oxygens (including phenoxy) is 7. The smallest absolute Gasteiger partial charge is 0.308 e. The van der Waals surface area contributed by atoms with Gasteiger partial charge < -0.3 is 37.6 Å². The third-order valence-electron chi connectivity index (χ3n) is 11.9. The molecule has 1 aliphatic carbocycles. The minimum Gasteiger partial charge on any atom is -0.497 e. The molecule has 1 fully saturated rings. The van der Waals surface area contributed by atoms with E-state index in [1.54, 1.807) is 21.3 Å². The average Bonchev–Trinajstić information content (AvgIpc) is 3.64. The molecule has 1 saturated carbocycles. The summed E-state index contributed by atoms with van der Waals surface area (Å²) in [5, 5.41) is 0.0974. The van der Waals surface area contributed by atoms with Gasteiger partial charge in [-0.15, -0.1) is 0 Å². The van der Waals surface area contributed by atoms with Crippen molar-refractivity contribution in [3.63, 3.8) is 0 Å². The van der Waals surface area contributed by atoms with E-state index in [0.29, 0.717) is 43.5 Å². The van der Waals surface area contributed by atoms with Gasteiger partial charge in [-0.25, -0.2) is 0 Å². The molecule has 1 aliphatic rings. The summed E-state index contributed by atoms with van der Waals surface area (Å²) in [6.45, 7) is 22.3. The Bertz CT molecular complexity index is 1390. The van der Waals surface area contributed by atoms with Gasteiger partial charge in [0, 0.05) is 20.1 Å². The van der Waals surface area contributed by atoms with E-state index in [9.17, 15) is 9.59 Å². The number of Topliss-reactive ketones (excluding diaryl/α,β-unsaturated/α-hetero) is 1. The molecule has 11 heteroatoms. The highest BCUT2D eigenvalue weighted by molar-refractivity contribution is 6.74. The van der Waals surface area contributed by atoms with E-state index < -0.39 is 8.32 Å². The van der Waals surface area contributed by atoms with Crippen LogP contribution in [-0.2, 0) is 49.0 Å². The van der Waals surface area contributed by atoms with Crippen LogP contribution in [0.4, 0.5) is 0 Å². The van der Waals surface area contributed by atoms with Crippen molar-refractivity contribution < 1.29 is 47.2 Å². The standard InChI is InChI=1S/C47H78O10Si/c1-35(27-36(2)29-38(4)45(56-33-51-9)30-46(49)55-31-39-21-23-41(52-10)24-22-39)28-37(3)43(48)19-14-13-15-20-44(57-58(11,12)47(5,6)7)42-18-16-17-40(42)32-54-34-53-26-25-50-8/h13,15,21-24,35-38,40,42,44-45H,16-18,20,25-34H2,1-12H3/b15-13+/t35-,36+,37+,38+,40+,42-,44+,45+/m1/s1. The van der Waals surface area contributed by atoms with E-state index in [1.807, 2.05) is 37.3 Å². The molecule has 0 amide bonds. The van der Waals surface area contributed by atoms with E-state index in [4.69, 9.17) is 37.6 Å². The van der Waals surface area contributed by atoms with Gasteiger partial charge in [-0.05, 0) is 116 Å². The minimum atomic E-state index is -2.03. The molecule has 58 heavy (non-hydrogen) atoms. The summed E-state index contributed by atoms with van der Waals surface area (Å²) >= 11 is 0. The zero-order valence-corrected chi connectivity index (χ0v) is 39.1. The van der Waals surface area contributed by atoms with E-state index in [1.165, 1.54) is 6.42 Å². The third kappa shape index (κ3) is 19.7. The number of methoxy groups -OCH3 is 3. The van der Waals surface area contributed by atoms with Crippen LogP contribution in [0.15, 0.2) is 36.4 Å². The largest absolute Gasteiger partial charge is 0.497 e. The van der Waals surface area contributed by atoms with Crippen LogP contribution in [-0.4, -0.2) is 87.0 Å². The Morgan fingerprint density at radius 2 is 1.60 bits per heavy atom. The van der Waals surface area contributed by atoms with Crippen molar-refractivity contribution in [2.24, 2.45) is 35.5 Å². The summed E-state index contributed by atoms with van der Waals surface area (Å²) in [7, 11) is 2.83. The molecule has 1 aromatic carbocycles. The molecular weight excluding hydrogens is 753 g/mol. The summed E-state index contributed by atoms with van der Waals surface area (Å²) in [4.78, 5) is 25.9. The van der Waals surface area contributed by atoms with Gasteiger partial charge in [-0.1, -0.05) is 79.0 Å². The zero-order chi connectivity index (χ0) is 43.1. The fraction of sp³-hybridized carbons (Fsp3) is 0.745. The van der Waals surface area contributed by atoms with Gasteiger partial charge in [0.2, 0.25) is 5.78 Å². The summed E-state index contributed by atoms with van der Waals surface area (Å²) < 4.78 is 45.5. The number of carbonyl (C=O) groups is 2. The molecule has 1 aromatic rings. The fourth-order valence-corrected chi connectivity index (χ4v) is 9.03. The molecule has 10 nitrogen and oxygen atoms in total. The third-order valence-corrected chi connectivity index (χ3v) is 16.4. The molecule has 0 unspecified atom stereocenters.